The van der Waals surface area contributed by atoms with E-state index in [4.69, 9.17) is 11.6 Å². The number of halogens is 1. The monoisotopic (exact) mass is 288 g/mol. The maximum absolute atomic E-state index is 12.1. The average Bonchev–Trinajstić information content (AvgIpc) is 3.27. The number of amides is 1. The fraction of sp³-hybridized carbons (Fsp3) is 0.375. The van der Waals surface area contributed by atoms with Gasteiger partial charge in [-0.05, 0) is 30.2 Å². The molecule has 0 radical (unpaired) electrons. The molecule has 1 N–H and O–H groups in total. The molecule has 0 unspecified atom stereocenters. The van der Waals surface area contributed by atoms with Gasteiger partial charge >= 0.3 is 0 Å². The lowest BCUT2D eigenvalue weighted by Crippen LogP contribution is -2.25. The van der Waals surface area contributed by atoms with E-state index in [1.165, 1.54) is 19.3 Å². The maximum atomic E-state index is 12.1. The SMILES string of the molecule is O=C(NCCCC1CC1)c1cc2ccccc2c(Cl)n1. The molecule has 1 aliphatic carbocycles. The first kappa shape index (κ1) is 13.4. The van der Waals surface area contributed by atoms with Crippen molar-refractivity contribution in [2.24, 2.45) is 5.92 Å². The largest absolute Gasteiger partial charge is 0.351 e. The van der Waals surface area contributed by atoms with Crippen LogP contribution in [0.1, 0.15) is 36.2 Å². The molecule has 1 heterocycles. The Labute approximate surface area is 123 Å². The summed E-state index contributed by atoms with van der Waals surface area (Å²) in [5.74, 6) is 0.758. The Kier molecular flexibility index (Phi) is 3.88. The molecule has 104 valence electrons. The van der Waals surface area contributed by atoms with Crippen LogP contribution in [0.2, 0.25) is 5.15 Å². The minimum Gasteiger partial charge on any atom is -0.351 e. The lowest BCUT2D eigenvalue weighted by molar-refractivity contribution is 0.0948. The Hall–Kier alpha value is -1.61. The molecule has 0 spiro atoms. The first-order valence-corrected chi connectivity index (χ1v) is 7.45. The summed E-state index contributed by atoms with van der Waals surface area (Å²) >= 11 is 6.13. The van der Waals surface area contributed by atoms with E-state index in [2.05, 4.69) is 10.3 Å². The molecule has 0 bridgehead atoms. The summed E-state index contributed by atoms with van der Waals surface area (Å²) < 4.78 is 0. The topological polar surface area (TPSA) is 42.0 Å². The van der Waals surface area contributed by atoms with Gasteiger partial charge in [0, 0.05) is 11.9 Å². The number of fused-ring (bicyclic) bond motifs is 1. The molecule has 3 nitrogen and oxygen atoms in total. The molecule has 4 heteroatoms. The van der Waals surface area contributed by atoms with Gasteiger partial charge in [-0.3, -0.25) is 4.79 Å². The maximum Gasteiger partial charge on any atom is 0.269 e. The second-order valence-corrected chi connectivity index (χ2v) is 5.72. The minimum absolute atomic E-state index is 0.145. The number of rotatable bonds is 5. The van der Waals surface area contributed by atoms with Crippen molar-refractivity contribution in [3.8, 4) is 0 Å². The van der Waals surface area contributed by atoms with E-state index in [1.54, 1.807) is 6.07 Å². The summed E-state index contributed by atoms with van der Waals surface area (Å²) in [4.78, 5) is 16.2. The van der Waals surface area contributed by atoms with Gasteiger partial charge in [-0.15, -0.1) is 0 Å². The normalized spacial score (nSPS) is 14.4. The molecule has 20 heavy (non-hydrogen) atoms. The van der Waals surface area contributed by atoms with Crippen LogP contribution in [0.25, 0.3) is 10.8 Å². The van der Waals surface area contributed by atoms with Crippen molar-refractivity contribution in [3.63, 3.8) is 0 Å². The van der Waals surface area contributed by atoms with Gasteiger partial charge in [0.25, 0.3) is 5.91 Å². The van der Waals surface area contributed by atoms with Gasteiger partial charge in [0.15, 0.2) is 0 Å². The van der Waals surface area contributed by atoms with Gasteiger partial charge in [0.05, 0.1) is 0 Å². The zero-order valence-corrected chi connectivity index (χ0v) is 12.0. The van der Waals surface area contributed by atoms with Crippen molar-refractivity contribution >= 4 is 28.3 Å². The fourth-order valence-electron chi connectivity index (χ4n) is 2.36. The van der Waals surface area contributed by atoms with Crippen LogP contribution in [-0.2, 0) is 0 Å². The van der Waals surface area contributed by atoms with Crippen LogP contribution in [0, 0.1) is 5.92 Å². The summed E-state index contributed by atoms with van der Waals surface area (Å²) in [5.41, 5.74) is 0.389. The van der Waals surface area contributed by atoms with Gasteiger partial charge in [0.1, 0.15) is 10.8 Å². The third-order valence-electron chi connectivity index (χ3n) is 3.70. The van der Waals surface area contributed by atoms with Gasteiger partial charge in [-0.1, -0.05) is 48.7 Å². The molecule has 1 fully saturated rings. The van der Waals surface area contributed by atoms with Crippen molar-refractivity contribution in [3.05, 3.63) is 41.2 Å². The van der Waals surface area contributed by atoms with Crippen LogP contribution in [0.4, 0.5) is 0 Å². The molecular formula is C16H17ClN2O. The number of aromatic nitrogens is 1. The summed E-state index contributed by atoms with van der Waals surface area (Å²) in [6, 6.07) is 9.47. The van der Waals surface area contributed by atoms with E-state index in [-0.39, 0.29) is 5.91 Å². The Morgan fingerprint density at radius 1 is 1.35 bits per heavy atom. The molecular weight excluding hydrogens is 272 g/mol. The van der Waals surface area contributed by atoms with Crippen molar-refractivity contribution in [1.29, 1.82) is 0 Å². The molecule has 3 rings (SSSR count). The quantitative estimate of drug-likeness (QED) is 0.671. The first-order chi connectivity index (χ1) is 9.74. The molecule has 2 aromatic rings. The number of nitrogens with zero attached hydrogens (tertiary/aromatic N) is 1. The zero-order chi connectivity index (χ0) is 13.9. The molecule has 0 saturated heterocycles. The number of hydrogen-bond acceptors (Lipinski definition) is 2. The van der Waals surface area contributed by atoms with Crippen LogP contribution < -0.4 is 5.32 Å². The van der Waals surface area contributed by atoms with Gasteiger partial charge < -0.3 is 5.32 Å². The number of carbonyl (C=O) groups is 1. The third-order valence-corrected chi connectivity index (χ3v) is 3.99. The third kappa shape index (κ3) is 3.10. The molecule has 0 atom stereocenters. The van der Waals surface area contributed by atoms with Crippen molar-refractivity contribution in [2.45, 2.75) is 25.7 Å². The zero-order valence-electron chi connectivity index (χ0n) is 11.2. The van der Waals surface area contributed by atoms with E-state index in [0.717, 1.165) is 23.1 Å². The second-order valence-electron chi connectivity index (χ2n) is 5.36. The number of hydrogen-bond donors (Lipinski definition) is 1. The Morgan fingerprint density at radius 2 is 2.15 bits per heavy atom. The minimum atomic E-state index is -0.145. The predicted octanol–water partition coefficient (Wildman–Crippen LogP) is 3.81. The van der Waals surface area contributed by atoms with E-state index in [0.29, 0.717) is 17.4 Å². The van der Waals surface area contributed by atoms with E-state index < -0.39 is 0 Å². The van der Waals surface area contributed by atoms with Crippen LogP contribution >= 0.6 is 11.6 Å². The number of benzene rings is 1. The second kappa shape index (κ2) is 5.80. The molecule has 1 saturated carbocycles. The van der Waals surface area contributed by atoms with Gasteiger partial charge in [-0.25, -0.2) is 4.98 Å². The standard InChI is InChI=1S/C16H17ClN2O/c17-15-13-6-2-1-5-12(13)10-14(19-15)16(20)18-9-3-4-11-7-8-11/h1-2,5-6,10-11H,3-4,7-9H2,(H,18,20). The first-order valence-electron chi connectivity index (χ1n) is 7.07. The highest BCUT2D eigenvalue weighted by Gasteiger charge is 2.20. The summed E-state index contributed by atoms with van der Waals surface area (Å²) in [6.07, 6.45) is 4.97. The Morgan fingerprint density at radius 3 is 2.95 bits per heavy atom. The van der Waals surface area contributed by atoms with E-state index in [9.17, 15) is 4.79 Å². The smallest absolute Gasteiger partial charge is 0.269 e. The molecule has 0 aliphatic heterocycles. The highest BCUT2D eigenvalue weighted by atomic mass is 35.5. The van der Waals surface area contributed by atoms with Crippen LogP contribution in [0.3, 0.4) is 0 Å². The predicted molar refractivity (Wildman–Crippen MR) is 81.0 cm³/mol. The van der Waals surface area contributed by atoms with Crippen molar-refractivity contribution < 1.29 is 4.79 Å². The molecule has 1 aromatic heterocycles. The van der Waals surface area contributed by atoms with E-state index >= 15 is 0 Å². The summed E-state index contributed by atoms with van der Waals surface area (Å²) in [7, 11) is 0. The average molecular weight is 289 g/mol. The molecule has 1 aliphatic rings. The van der Waals surface area contributed by atoms with Crippen molar-refractivity contribution in [1.82, 2.24) is 10.3 Å². The molecule has 1 amide bonds. The number of nitrogens with one attached hydrogen (secondary N) is 1. The van der Waals surface area contributed by atoms with Crippen LogP contribution in [0.15, 0.2) is 30.3 Å². The fourth-order valence-corrected chi connectivity index (χ4v) is 2.63. The number of pyridine rings is 1. The molecule has 1 aromatic carbocycles. The Bertz CT molecular complexity index is 637. The van der Waals surface area contributed by atoms with Crippen molar-refractivity contribution in [2.75, 3.05) is 6.54 Å². The lowest BCUT2D eigenvalue weighted by atomic mass is 10.1. The number of carbonyl (C=O) groups excluding carboxylic acids is 1. The van der Waals surface area contributed by atoms with Gasteiger partial charge in [-0.2, -0.15) is 0 Å². The van der Waals surface area contributed by atoms with Crippen LogP contribution in [0.5, 0.6) is 0 Å². The highest BCUT2D eigenvalue weighted by Crippen LogP contribution is 2.33. The van der Waals surface area contributed by atoms with Gasteiger partial charge in [0.2, 0.25) is 0 Å². The Balaban J connectivity index is 1.67. The highest BCUT2D eigenvalue weighted by molar-refractivity contribution is 6.34. The lowest BCUT2D eigenvalue weighted by Gasteiger charge is -2.06. The summed E-state index contributed by atoms with van der Waals surface area (Å²) in [6.45, 7) is 0.710. The van der Waals surface area contributed by atoms with Crippen LogP contribution in [-0.4, -0.2) is 17.4 Å². The van der Waals surface area contributed by atoms with E-state index in [1.807, 2.05) is 24.3 Å². The summed E-state index contributed by atoms with van der Waals surface area (Å²) in [5, 5.41) is 5.11.